The molecular formula is C24H27BrN2O4. The van der Waals surface area contributed by atoms with Crippen LogP contribution in [0.5, 0.6) is 5.75 Å². The molecule has 0 saturated carbocycles. The summed E-state index contributed by atoms with van der Waals surface area (Å²) in [5.41, 5.74) is 1.78. The van der Waals surface area contributed by atoms with Gasteiger partial charge in [-0.25, -0.2) is 0 Å². The summed E-state index contributed by atoms with van der Waals surface area (Å²) >= 11 is 3.52. The molecule has 2 fully saturated rings. The average molecular weight is 487 g/mol. The maximum atomic E-state index is 13.5. The van der Waals surface area contributed by atoms with Gasteiger partial charge in [-0.1, -0.05) is 24.3 Å². The Kier molecular flexibility index (Phi) is 6.92. The topological polar surface area (TPSA) is 59.1 Å². The number of nitrogens with zero attached hydrogens (tertiary/aromatic N) is 2. The number of methoxy groups -OCH3 is 1. The molecule has 2 aliphatic rings. The van der Waals surface area contributed by atoms with Crippen LogP contribution in [0.1, 0.15) is 24.8 Å². The molecule has 4 rings (SSSR count). The Bertz CT molecular complexity index is 945. The summed E-state index contributed by atoms with van der Waals surface area (Å²) in [5, 5.41) is 0. The summed E-state index contributed by atoms with van der Waals surface area (Å²) in [4.78, 5) is 30.2. The number of rotatable bonds is 7. The lowest BCUT2D eigenvalue weighted by Crippen LogP contribution is -2.43. The third kappa shape index (κ3) is 4.93. The van der Waals surface area contributed by atoms with Crippen molar-refractivity contribution < 1.29 is 19.1 Å². The smallest absolute Gasteiger partial charge is 0.239 e. The van der Waals surface area contributed by atoms with Crippen molar-refractivity contribution in [3.8, 4) is 5.75 Å². The Balaban J connectivity index is 1.53. The fourth-order valence-electron chi connectivity index (χ4n) is 4.30. The first-order valence-corrected chi connectivity index (χ1v) is 11.5. The standard InChI is InChI=1S/C24H27BrN2O4/c1-30-18-7-4-6-17(14-18)15-26(16-19-8-5-13-31-19)23(28)20-11-12-27(24(20)29)22-10-3-2-9-21(22)25/h2-4,6-7,9-10,14,19-20H,5,8,11-13,15-16H2,1H3. The van der Waals surface area contributed by atoms with Gasteiger partial charge in [-0.2, -0.15) is 0 Å². The fourth-order valence-corrected chi connectivity index (χ4v) is 4.80. The summed E-state index contributed by atoms with van der Waals surface area (Å²) in [6.45, 7) is 2.18. The number of para-hydroxylation sites is 1. The van der Waals surface area contributed by atoms with E-state index in [0.29, 0.717) is 26.1 Å². The zero-order valence-corrected chi connectivity index (χ0v) is 19.2. The van der Waals surface area contributed by atoms with Crippen LogP contribution < -0.4 is 9.64 Å². The molecule has 2 unspecified atom stereocenters. The second kappa shape index (κ2) is 9.83. The van der Waals surface area contributed by atoms with Crippen LogP contribution >= 0.6 is 15.9 Å². The van der Waals surface area contributed by atoms with Crippen LogP contribution in [0.15, 0.2) is 53.0 Å². The van der Waals surface area contributed by atoms with Crippen molar-refractivity contribution in [2.24, 2.45) is 5.92 Å². The Labute approximate surface area is 191 Å². The van der Waals surface area contributed by atoms with Crippen LogP contribution in [-0.2, 0) is 20.9 Å². The molecule has 6 nitrogen and oxygen atoms in total. The highest BCUT2D eigenvalue weighted by molar-refractivity contribution is 9.10. The quantitative estimate of drug-likeness (QED) is 0.554. The zero-order chi connectivity index (χ0) is 21.8. The van der Waals surface area contributed by atoms with Crippen molar-refractivity contribution in [1.82, 2.24) is 4.90 Å². The Hall–Kier alpha value is -2.38. The number of benzene rings is 2. The minimum absolute atomic E-state index is 0.0189. The number of anilines is 1. The maximum absolute atomic E-state index is 13.5. The van der Waals surface area contributed by atoms with Crippen LogP contribution in [0.2, 0.25) is 0 Å². The molecule has 7 heteroatoms. The van der Waals surface area contributed by atoms with Crippen LogP contribution in [0.3, 0.4) is 0 Å². The van der Waals surface area contributed by atoms with Crippen molar-refractivity contribution in [3.05, 3.63) is 58.6 Å². The minimum Gasteiger partial charge on any atom is -0.497 e. The lowest BCUT2D eigenvalue weighted by atomic mass is 10.0. The van der Waals surface area contributed by atoms with E-state index in [1.807, 2.05) is 48.5 Å². The van der Waals surface area contributed by atoms with Crippen molar-refractivity contribution in [1.29, 1.82) is 0 Å². The lowest BCUT2D eigenvalue weighted by molar-refractivity contribution is -0.141. The molecular weight excluding hydrogens is 460 g/mol. The Morgan fingerprint density at radius 2 is 2.06 bits per heavy atom. The van der Waals surface area contributed by atoms with Crippen LogP contribution in [0.4, 0.5) is 5.69 Å². The number of carbonyl (C=O) groups is 2. The van der Waals surface area contributed by atoms with E-state index in [-0.39, 0.29) is 17.9 Å². The number of amides is 2. The van der Waals surface area contributed by atoms with E-state index in [0.717, 1.165) is 40.9 Å². The van der Waals surface area contributed by atoms with Crippen molar-refractivity contribution in [2.45, 2.75) is 31.9 Å². The molecule has 0 spiro atoms. The summed E-state index contributed by atoms with van der Waals surface area (Å²) in [5.74, 6) is -0.184. The monoisotopic (exact) mass is 486 g/mol. The molecule has 0 aliphatic carbocycles. The molecule has 0 radical (unpaired) electrons. The lowest BCUT2D eigenvalue weighted by Gasteiger charge is -2.28. The number of halogens is 1. The SMILES string of the molecule is COc1cccc(CN(CC2CCCO2)C(=O)C2CCN(c3ccccc3Br)C2=O)c1. The Morgan fingerprint density at radius 3 is 2.81 bits per heavy atom. The van der Waals surface area contributed by atoms with Crippen molar-refractivity contribution in [3.63, 3.8) is 0 Å². The minimum atomic E-state index is -0.667. The first kappa shape index (κ1) is 21.8. The van der Waals surface area contributed by atoms with E-state index in [1.54, 1.807) is 16.9 Å². The van der Waals surface area contributed by atoms with Gasteiger partial charge in [0.15, 0.2) is 0 Å². The first-order valence-electron chi connectivity index (χ1n) is 10.7. The molecule has 2 heterocycles. The summed E-state index contributed by atoms with van der Waals surface area (Å²) in [6.07, 6.45) is 2.47. The largest absolute Gasteiger partial charge is 0.497 e. The van der Waals surface area contributed by atoms with E-state index in [1.165, 1.54) is 0 Å². The second-order valence-electron chi connectivity index (χ2n) is 7.99. The normalized spacial score (nSPS) is 20.8. The molecule has 2 aromatic carbocycles. The molecule has 2 amide bonds. The first-order chi connectivity index (χ1) is 15.1. The maximum Gasteiger partial charge on any atom is 0.239 e. The van der Waals surface area contributed by atoms with E-state index in [4.69, 9.17) is 9.47 Å². The molecule has 2 aromatic rings. The predicted molar refractivity (Wildman–Crippen MR) is 122 cm³/mol. The molecule has 164 valence electrons. The molecule has 0 aromatic heterocycles. The molecule has 2 atom stereocenters. The van der Waals surface area contributed by atoms with Gasteiger partial charge in [0.2, 0.25) is 11.8 Å². The number of hydrogen-bond donors (Lipinski definition) is 0. The van der Waals surface area contributed by atoms with Gasteiger partial charge in [0.05, 0.1) is 18.9 Å². The van der Waals surface area contributed by atoms with E-state index < -0.39 is 5.92 Å². The van der Waals surface area contributed by atoms with Crippen LogP contribution in [0, 0.1) is 5.92 Å². The highest BCUT2D eigenvalue weighted by Crippen LogP contribution is 2.32. The Morgan fingerprint density at radius 1 is 1.23 bits per heavy atom. The van der Waals surface area contributed by atoms with Gasteiger partial charge in [-0.15, -0.1) is 0 Å². The van der Waals surface area contributed by atoms with E-state index >= 15 is 0 Å². The van der Waals surface area contributed by atoms with Crippen LogP contribution in [-0.4, -0.2) is 49.6 Å². The highest BCUT2D eigenvalue weighted by Gasteiger charge is 2.40. The van der Waals surface area contributed by atoms with Gasteiger partial charge in [0, 0.05) is 30.7 Å². The van der Waals surface area contributed by atoms with Crippen molar-refractivity contribution >= 4 is 33.4 Å². The number of ether oxygens (including phenoxy) is 2. The van der Waals surface area contributed by atoms with Crippen molar-refractivity contribution in [2.75, 3.05) is 31.7 Å². The van der Waals surface area contributed by atoms with Gasteiger partial charge in [0.1, 0.15) is 11.7 Å². The van der Waals surface area contributed by atoms with Gasteiger partial charge >= 0.3 is 0 Å². The van der Waals surface area contributed by atoms with E-state index in [9.17, 15) is 9.59 Å². The predicted octanol–water partition coefficient (Wildman–Crippen LogP) is 4.02. The van der Waals surface area contributed by atoms with E-state index in [2.05, 4.69) is 15.9 Å². The summed E-state index contributed by atoms with van der Waals surface area (Å²) in [6, 6.07) is 15.3. The summed E-state index contributed by atoms with van der Waals surface area (Å²) in [7, 11) is 1.63. The van der Waals surface area contributed by atoms with Gasteiger partial charge in [-0.3, -0.25) is 9.59 Å². The second-order valence-corrected chi connectivity index (χ2v) is 8.84. The molecule has 31 heavy (non-hydrogen) atoms. The highest BCUT2D eigenvalue weighted by atomic mass is 79.9. The van der Waals surface area contributed by atoms with Gasteiger partial charge in [-0.05, 0) is 65.0 Å². The van der Waals surface area contributed by atoms with Gasteiger partial charge in [0.25, 0.3) is 0 Å². The fraction of sp³-hybridized carbons (Fsp3) is 0.417. The zero-order valence-electron chi connectivity index (χ0n) is 17.6. The van der Waals surface area contributed by atoms with Gasteiger partial charge < -0.3 is 19.3 Å². The molecule has 2 aliphatic heterocycles. The number of carbonyl (C=O) groups excluding carboxylic acids is 2. The molecule has 0 N–H and O–H groups in total. The molecule has 2 saturated heterocycles. The molecule has 0 bridgehead atoms. The van der Waals surface area contributed by atoms with Crippen LogP contribution in [0.25, 0.3) is 0 Å². The third-order valence-electron chi connectivity index (χ3n) is 5.91. The average Bonchev–Trinajstić information content (AvgIpc) is 3.43. The third-order valence-corrected chi connectivity index (χ3v) is 6.58. The summed E-state index contributed by atoms with van der Waals surface area (Å²) < 4.78 is 12.0. The number of hydrogen-bond acceptors (Lipinski definition) is 4.